The molecule has 1 rings (SSSR count). The summed E-state index contributed by atoms with van der Waals surface area (Å²) in [6.07, 6.45) is -2.07. The van der Waals surface area contributed by atoms with E-state index >= 15 is 0 Å². The lowest BCUT2D eigenvalue weighted by Gasteiger charge is -2.20. The van der Waals surface area contributed by atoms with Crippen molar-refractivity contribution in [2.24, 2.45) is 0 Å². The fourth-order valence-electron chi connectivity index (χ4n) is 2.35. The molecule has 0 saturated heterocycles. The number of alkyl halides is 3. The van der Waals surface area contributed by atoms with E-state index in [2.05, 4.69) is 11.7 Å². The van der Waals surface area contributed by atoms with Gasteiger partial charge < -0.3 is 9.84 Å². The van der Waals surface area contributed by atoms with Crippen LogP contribution in [0.2, 0.25) is 0 Å². The van der Waals surface area contributed by atoms with Crippen LogP contribution in [0.5, 0.6) is 0 Å². The third-order valence-corrected chi connectivity index (χ3v) is 3.80. The number of halogens is 3. The number of hydrogen-bond acceptors (Lipinski definition) is 3. The highest BCUT2D eigenvalue weighted by molar-refractivity contribution is 5.92. The number of carboxylic acids is 1. The Morgan fingerprint density at radius 3 is 2.04 bits per heavy atom. The third-order valence-electron chi connectivity index (χ3n) is 3.80. The second-order valence-corrected chi connectivity index (χ2v) is 5.87. The summed E-state index contributed by atoms with van der Waals surface area (Å²) in [5, 5.41) is 8.78. The van der Waals surface area contributed by atoms with Gasteiger partial charge in [0, 0.05) is 0 Å². The molecule has 0 aliphatic rings. The van der Waals surface area contributed by atoms with Crippen LogP contribution < -0.4 is 0 Å². The summed E-state index contributed by atoms with van der Waals surface area (Å²) in [5.74, 6) is -2.29. The van der Waals surface area contributed by atoms with Crippen LogP contribution in [-0.4, -0.2) is 29.3 Å². The molecule has 140 valence electrons. The average Bonchev–Trinajstić information content (AvgIpc) is 2.55. The van der Waals surface area contributed by atoms with E-state index < -0.39 is 24.2 Å². The summed E-state index contributed by atoms with van der Waals surface area (Å²) >= 11 is 0. The van der Waals surface area contributed by atoms with Gasteiger partial charge in [-0.3, -0.25) is 0 Å². The van der Waals surface area contributed by atoms with Crippen molar-refractivity contribution in [3.8, 4) is 0 Å². The first-order chi connectivity index (χ1) is 11.8. The molecule has 0 bridgehead atoms. The molecule has 1 unspecified atom stereocenters. The molecule has 1 N–H and O–H groups in total. The highest BCUT2D eigenvalue weighted by Crippen LogP contribution is 2.28. The first-order valence-corrected chi connectivity index (χ1v) is 8.36. The van der Waals surface area contributed by atoms with Gasteiger partial charge in [0.05, 0.1) is 11.1 Å². The highest BCUT2D eigenvalue weighted by Gasteiger charge is 2.42. The smallest absolute Gasteiger partial charge is 0.425 e. The first-order valence-electron chi connectivity index (χ1n) is 8.36. The van der Waals surface area contributed by atoms with Crippen LogP contribution in [0, 0.1) is 0 Å². The van der Waals surface area contributed by atoms with Crippen LogP contribution in [-0.2, 0) is 4.74 Å². The van der Waals surface area contributed by atoms with Gasteiger partial charge in [-0.15, -0.1) is 0 Å². The number of carboxylic acid groups (broad SMARTS) is 1. The van der Waals surface area contributed by atoms with Gasteiger partial charge in [-0.05, 0) is 37.1 Å². The van der Waals surface area contributed by atoms with E-state index in [1.807, 2.05) is 0 Å². The fourth-order valence-corrected chi connectivity index (χ4v) is 2.35. The molecular formula is C18H23F3O4. The Labute approximate surface area is 145 Å². The Kier molecular flexibility index (Phi) is 8.45. The standard InChI is InChI=1S/C18H23F3O4/c1-2-3-4-5-6-7-8-15(18(19,20)21)25-17(24)14-11-9-13(10-12-14)16(22)23/h9-12,15H,2-8H2,1H3,(H,22,23). The molecule has 0 fully saturated rings. The Morgan fingerprint density at radius 2 is 1.52 bits per heavy atom. The monoisotopic (exact) mass is 360 g/mol. The van der Waals surface area contributed by atoms with Gasteiger partial charge in [-0.25, -0.2) is 9.59 Å². The number of rotatable bonds is 10. The maximum absolute atomic E-state index is 13.0. The number of aromatic carboxylic acids is 1. The zero-order chi connectivity index (χ0) is 18.9. The summed E-state index contributed by atoms with van der Waals surface area (Å²) in [7, 11) is 0. The third kappa shape index (κ3) is 7.58. The summed E-state index contributed by atoms with van der Waals surface area (Å²) in [5.41, 5.74) is -0.168. The van der Waals surface area contributed by atoms with E-state index in [4.69, 9.17) is 5.11 Å². The average molecular weight is 360 g/mol. The zero-order valence-corrected chi connectivity index (χ0v) is 14.1. The van der Waals surface area contributed by atoms with Crippen LogP contribution in [0.25, 0.3) is 0 Å². The van der Waals surface area contributed by atoms with Crippen LogP contribution in [0.1, 0.15) is 72.6 Å². The van der Waals surface area contributed by atoms with Crippen molar-refractivity contribution in [3.05, 3.63) is 35.4 Å². The van der Waals surface area contributed by atoms with Gasteiger partial charge in [0.15, 0.2) is 6.10 Å². The Morgan fingerprint density at radius 1 is 1.00 bits per heavy atom. The quantitative estimate of drug-likeness (QED) is 0.459. The largest absolute Gasteiger partial charge is 0.478 e. The zero-order valence-electron chi connectivity index (χ0n) is 14.1. The normalized spacial score (nSPS) is 12.6. The number of carbonyl (C=O) groups is 2. The topological polar surface area (TPSA) is 63.6 Å². The van der Waals surface area contributed by atoms with Crippen molar-refractivity contribution in [2.75, 3.05) is 0 Å². The summed E-state index contributed by atoms with van der Waals surface area (Å²) < 4.78 is 43.7. The predicted octanol–water partition coefficient (Wildman–Crippen LogP) is 5.22. The number of benzene rings is 1. The van der Waals surface area contributed by atoms with Crippen molar-refractivity contribution >= 4 is 11.9 Å². The van der Waals surface area contributed by atoms with Gasteiger partial charge in [0.1, 0.15) is 0 Å². The molecule has 25 heavy (non-hydrogen) atoms. The van der Waals surface area contributed by atoms with E-state index in [1.165, 1.54) is 0 Å². The lowest BCUT2D eigenvalue weighted by atomic mass is 10.1. The Bertz CT molecular complexity index is 552. The van der Waals surface area contributed by atoms with Crippen LogP contribution in [0.4, 0.5) is 13.2 Å². The van der Waals surface area contributed by atoms with E-state index in [9.17, 15) is 22.8 Å². The van der Waals surface area contributed by atoms with Crippen molar-refractivity contribution in [2.45, 2.75) is 64.1 Å². The predicted molar refractivity (Wildman–Crippen MR) is 86.7 cm³/mol. The van der Waals surface area contributed by atoms with Crippen LogP contribution in [0.15, 0.2) is 24.3 Å². The molecule has 1 atom stereocenters. The summed E-state index contributed by atoms with van der Waals surface area (Å²) in [6, 6.07) is 4.58. The maximum Gasteiger partial charge on any atom is 0.425 e. The molecule has 4 nitrogen and oxygen atoms in total. The molecule has 1 aromatic carbocycles. The van der Waals surface area contributed by atoms with E-state index in [1.54, 1.807) is 0 Å². The minimum absolute atomic E-state index is 0.0593. The molecule has 0 spiro atoms. The highest BCUT2D eigenvalue weighted by atomic mass is 19.4. The van der Waals surface area contributed by atoms with E-state index in [0.717, 1.165) is 49.9 Å². The molecule has 0 aliphatic heterocycles. The van der Waals surface area contributed by atoms with Gasteiger partial charge >= 0.3 is 18.1 Å². The number of esters is 1. The first kappa shape index (κ1) is 21.0. The van der Waals surface area contributed by atoms with Crippen molar-refractivity contribution in [1.82, 2.24) is 0 Å². The van der Waals surface area contributed by atoms with E-state index in [0.29, 0.717) is 12.8 Å². The van der Waals surface area contributed by atoms with Crippen molar-refractivity contribution in [1.29, 1.82) is 0 Å². The number of ether oxygens (including phenoxy) is 1. The lowest BCUT2D eigenvalue weighted by Crippen LogP contribution is -2.33. The molecule has 7 heteroatoms. The summed E-state index contributed by atoms with van der Waals surface area (Å²) in [4.78, 5) is 22.6. The van der Waals surface area contributed by atoms with Gasteiger partial charge in [0.2, 0.25) is 0 Å². The molecule has 0 amide bonds. The molecule has 0 radical (unpaired) electrons. The number of unbranched alkanes of at least 4 members (excludes halogenated alkanes) is 5. The number of hydrogen-bond donors (Lipinski definition) is 1. The molecule has 0 aliphatic carbocycles. The van der Waals surface area contributed by atoms with Crippen LogP contribution in [0.3, 0.4) is 0 Å². The minimum Gasteiger partial charge on any atom is -0.478 e. The molecule has 0 aromatic heterocycles. The SMILES string of the molecule is CCCCCCCCC(OC(=O)c1ccc(C(=O)O)cc1)C(F)(F)F. The van der Waals surface area contributed by atoms with Crippen molar-refractivity contribution in [3.63, 3.8) is 0 Å². The maximum atomic E-state index is 13.0. The molecule has 1 aromatic rings. The van der Waals surface area contributed by atoms with Gasteiger partial charge in [0.25, 0.3) is 0 Å². The van der Waals surface area contributed by atoms with Crippen LogP contribution >= 0.6 is 0 Å². The molecule has 0 saturated carbocycles. The Balaban J connectivity index is 2.59. The second kappa shape index (κ2) is 10.1. The van der Waals surface area contributed by atoms with E-state index in [-0.39, 0.29) is 17.5 Å². The molecule has 0 heterocycles. The van der Waals surface area contributed by atoms with Gasteiger partial charge in [-0.2, -0.15) is 13.2 Å². The van der Waals surface area contributed by atoms with Crippen molar-refractivity contribution < 1.29 is 32.6 Å². The van der Waals surface area contributed by atoms with Gasteiger partial charge in [-0.1, -0.05) is 39.0 Å². The minimum atomic E-state index is -4.62. The molecular weight excluding hydrogens is 337 g/mol. The second-order valence-electron chi connectivity index (χ2n) is 5.87. The lowest BCUT2D eigenvalue weighted by molar-refractivity contribution is -0.206. The Hall–Kier alpha value is -2.05. The summed E-state index contributed by atoms with van der Waals surface area (Å²) in [6.45, 7) is 2.06. The fraction of sp³-hybridized carbons (Fsp3) is 0.556. The number of carbonyl (C=O) groups excluding carboxylic acids is 1.